The van der Waals surface area contributed by atoms with Crippen molar-refractivity contribution in [2.75, 3.05) is 0 Å². The van der Waals surface area contributed by atoms with Crippen molar-refractivity contribution in [1.29, 1.82) is 0 Å². The van der Waals surface area contributed by atoms with Crippen LogP contribution in [0.2, 0.25) is 0 Å². The Morgan fingerprint density at radius 1 is 0.667 bits per heavy atom. The van der Waals surface area contributed by atoms with Crippen LogP contribution in [0.5, 0.6) is 0 Å². The predicted molar refractivity (Wildman–Crippen MR) is 7.81 cm³/mol. The van der Waals surface area contributed by atoms with Crippen molar-refractivity contribution in [2.24, 2.45) is 0 Å². The Kier molecular flexibility index (Phi) is 1020. The van der Waals surface area contributed by atoms with Crippen molar-refractivity contribution in [1.82, 2.24) is 0 Å². The fourth-order valence-corrected chi connectivity index (χ4v) is 0. The minimum atomic E-state index is 0. The molecular formula is AlO3TiZr+5. The SMILES string of the molecule is [Al+3].[O-2].[O-2].[O-2].[Ti+4].[Zr+4]. The zero-order chi connectivity index (χ0) is 0. The van der Waals surface area contributed by atoms with Crippen LogP contribution in [-0.2, 0) is 64.3 Å². The van der Waals surface area contributed by atoms with Crippen molar-refractivity contribution in [3.8, 4) is 0 Å². The Morgan fingerprint density at radius 2 is 0.667 bits per heavy atom. The molecule has 0 aliphatic rings. The molecule has 24 valence electrons. The van der Waals surface area contributed by atoms with E-state index in [1.54, 1.807) is 0 Å². The monoisotopic (exact) mass is 213 g/mol. The van der Waals surface area contributed by atoms with Gasteiger partial charge in [-0.05, 0) is 0 Å². The largest absolute Gasteiger partial charge is 4.00 e. The van der Waals surface area contributed by atoms with Gasteiger partial charge in [0.2, 0.25) is 0 Å². The third-order valence-electron chi connectivity index (χ3n) is 0. The smallest absolute Gasteiger partial charge is 2.00 e. The van der Waals surface area contributed by atoms with Gasteiger partial charge in [0, 0.05) is 0 Å². The first kappa shape index (κ1) is 97.4. The van der Waals surface area contributed by atoms with Crippen LogP contribution in [0, 0.1) is 0 Å². The normalized spacial score (nSPS) is 0. The molecule has 0 aromatic carbocycles. The summed E-state index contributed by atoms with van der Waals surface area (Å²) < 4.78 is 0. The van der Waals surface area contributed by atoms with Crippen LogP contribution in [0.25, 0.3) is 0 Å². The quantitative estimate of drug-likeness (QED) is 0.475. The van der Waals surface area contributed by atoms with Crippen LogP contribution < -0.4 is 0 Å². The summed E-state index contributed by atoms with van der Waals surface area (Å²) in [5.74, 6) is 0. The first-order valence-corrected chi connectivity index (χ1v) is 0. The molecule has 6 heteroatoms. The molecule has 0 amide bonds. The van der Waals surface area contributed by atoms with Crippen molar-refractivity contribution >= 4 is 17.4 Å². The topological polar surface area (TPSA) is 85.5 Å². The first-order valence-electron chi connectivity index (χ1n) is 0. The molecule has 0 saturated heterocycles. The van der Waals surface area contributed by atoms with Gasteiger partial charge in [-0.1, -0.05) is 0 Å². The Labute approximate surface area is 80.9 Å². The Hall–Kier alpha value is 2.01. The maximum absolute atomic E-state index is 0. The molecule has 0 heterocycles. The maximum atomic E-state index is 0. The van der Waals surface area contributed by atoms with Gasteiger partial charge in [-0.3, -0.25) is 0 Å². The van der Waals surface area contributed by atoms with Gasteiger partial charge in [-0.2, -0.15) is 0 Å². The standard InChI is InChI=1S/Al.3O.Ti.Zr/q+3;3*-2;2*+4. The molecule has 0 atom stereocenters. The third kappa shape index (κ3) is 37.3. The van der Waals surface area contributed by atoms with Crippen LogP contribution in [0.1, 0.15) is 0 Å². The summed E-state index contributed by atoms with van der Waals surface area (Å²) in [4.78, 5) is 0. The minimum Gasteiger partial charge on any atom is -2.00 e. The number of hydrogen-bond donors (Lipinski definition) is 0. The molecule has 0 aromatic heterocycles. The summed E-state index contributed by atoms with van der Waals surface area (Å²) >= 11 is 0. The van der Waals surface area contributed by atoms with E-state index in [0.29, 0.717) is 0 Å². The Morgan fingerprint density at radius 3 is 0.667 bits per heavy atom. The van der Waals surface area contributed by atoms with Gasteiger partial charge >= 0.3 is 65.3 Å². The van der Waals surface area contributed by atoms with E-state index in [4.69, 9.17) is 0 Å². The second-order valence-electron chi connectivity index (χ2n) is 0. The molecule has 0 rings (SSSR count). The molecule has 0 radical (unpaired) electrons. The van der Waals surface area contributed by atoms with Crippen LogP contribution in [0.15, 0.2) is 0 Å². The molecule has 0 unspecified atom stereocenters. The van der Waals surface area contributed by atoms with E-state index in [1.165, 1.54) is 0 Å². The molecule has 0 aliphatic carbocycles. The molecular weight excluding hydrogens is 214 g/mol. The van der Waals surface area contributed by atoms with Crippen molar-refractivity contribution in [2.45, 2.75) is 0 Å². The van der Waals surface area contributed by atoms with Crippen LogP contribution in [0.4, 0.5) is 0 Å². The average molecular weight is 214 g/mol. The van der Waals surface area contributed by atoms with E-state index in [2.05, 4.69) is 0 Å². The van der Waals surface area contributed by atoms with Crippen molar-refractivity contribution in [3.05, 3.63) is 0 Å². The zero-order valence-corrected chi connectivity index (χ0v) is 7.98. The van der Waals surface area contributed by atoms with E-state index >= 15 is 0 Å². The second-order valence-corrected chi connectivity index (χ2v) is 0. The van der Waals surface area contributed by atoms with Crippen molar-refractivity contribution in [3.63, 3.8) is 0 Å². The maximum Gasteiger partial charge on any atom is 4.00 e. The van der Waals surface area contributed by atoms with Crippen LogP contribution in [0.3, 0.4) is 0 Å². The van der Waals surface area contributed by atoms with Crippen LogP contribution >= 0.6 is 0 Å². The molecule has 6 heavy (non-hydrogen) atoms. The van der Waals surface area contributed by atoms with E-state index in [9.17, 15) is 0 Å². The average Bonchev–Trinajstić information content (AvgIpc) is 0. The van der Waals surface area contributed by atoms with Gasteiger partial charge in [-0.15, -0.1) is 0 Å². The summed E-state index contributed by atoms with van der Waals surface area (Å²) in [5, 5.41) is 0. The molecule has 0 fully saturated rings. The molecule has 0 aromatic rings. The fraction of sp³-hybridized carbons (Fsp3) is 0. The molecule has 3 nitrogen and oxygen atoms in total. The molecule has 0 spiro atoms. The van der Waals surface area contributed by atoms with Gasteiger partial charge in [0.1, 0.15) is 0 Å². The van der Waals surface area contributed by atoms with E-state index < -0.39 is 0 Å². The number of hydrogen-bond acceptors (Lipinski definition) is 0. The minimum absolute atomic E-state index is 0. The van der Waals surface area contributed by atoms with E-state index in [1.807, 2.05) is 0 Å². The van der Waals surface area contributed by atoms with Crippen LogP contribution in [-0.4, -0.2) is 17.4 Å². The second kappa shape index (κ2) is 62.7. The Bertz CT molecular complexity index is 10.8. The van der Waals surface area contributed by atoms with Gasteiger partial charge < -0.3 is 16.4 Å². The van der Waals surface area contributed by atoms with E-state index in [-0.39, 0.29) is 81.7 Å². The summed E-state index contributed by atoms with van der Waals surface area (Å²) in [6.07, 6.45) is 0. The zero-order valence-electron chi connectivity index (χ0n) is 2.80. The first-order chi connectivity index (χ1) is 0. The summed E-state index contributed by atoms with van der Waals surface area (Å²) in [5.41, 5.74) is 0. The van der Waals surface area contributed by atoms with E-state index in [0.717, 1.165) is 0 Å². The fourth-order valence-electron chi connectivity index (χ4n) is 0. The molecule has 0 N–H and O–H groups in total. The molecule has 0 bridgehead atoms. The molecule has 0 saturated carbocycles. The summed E-state index contributed by atoms with van der Waals surface area (Å²) in [6.45, 7) is 0. The summed E-state index contributed by atoms with van der Waals surface area (Å²) in [7, 11) is 0. The molecule has 0 aliphatic heterocycles. The third-order valence-corrected chi connectivity index (χ3v) is 0. The predicted octanol–water partition coefficient (Wildman–Crippen LogP) is -0.742. The summed E-state index contributed by atoms with van der Waals surface area (Å²) in [6, 6.07) is 0. The van der Waals surface area contributed by atoms with Gasteiger partial charge in [-0.25, -0.2) is 0 Å². The Balaban J connectivity index is 0. The number of rotatable bonds is 0. The van der Waals surface area contributed by atoms with Gasteiger partial charge in [0.15, 0.2) is 0 Å². The van der Waals surface area contributed by atoms with Gasteiger partial charge in [0.25, 0.3) is 0 Å². The van der Waals surface area contributed by atoms with Crippen molar-refractivity contribution < 1.29 is 64.3 Å². The van der Waals surface area contributed by atoms with Gasteiger partial charge in [0.05, 0.1) is 0 Å².